The zero-order chi connectivity index (χ0) is 19.1. The number of nitrogens with zero attached hydrogens (tertiary/aromatic N) is 1. The number of benzene rings is 2. The highest BCUT2D eigenvalue weighted by Gasteiger charge is 2.18. The van der Waals surface area contributed by atoms with Crippen molar-refractivity contribution >= 4 is 23.3 Å². The first kappa shape index (κ1) is 18.7. The minimum atomic E-state index is -0.719. The Labute approximate surface area is 148 Å². The van der Waals surface area contributed by atoms with E-state index in [0.717, 1.165) is 0 Å². The molecular formula is C17H16N2O7. The standard InChI is InChI=1S/C17H16N2O7/c1-24-12-5-3-4-11(8-12)17(21)26-10-16(20)18-14-7-6-13(25-2)9-15(14)19(22)23/h3-9H,10H2,1-2H3,(H,18,20). The highest BCUT2D eigenvalue weighted by Crippen LogP contribution is 2.28. The summed E-state index contributed by atoms with van der Waals surface area (Å²) in [6.45, 7) is -0.598. The van der Waals surface area contributed by atoms with Gasteiger partial charge in [0.25, 0.3) is 11.6 Å². The van der Waals surface area contributed by atoms with Gasteiger partial charge in [0.15, 0.2) is 6.61 Å². The molecule has 2 rings (SSSR count). The van der Waals surface area contributed by atoms with E-state index < -0.39 is 23.4 Å². The van der Waals surface area contributed by atoms with E-state index in [0.29, 0.717) is 5.75 Å². The molecule has 2 aromatic carbocycles. The number of carbonyl (C=O) groups is 2. The smallest absolute Gasteiger partial charge is 0.338 e. The van der Waals surface area contributed by atoms with Crippen LogP contribution in [0.25, 0.3) is 0 Å². The number of anilines is 1. The topological polar surface area (TPSA) is 117 Å². The number of carbonyl (C=O) groups excluding carboxylic acids is 2. The van der Waals surface area contributed by atoms with Crippen molar-refractivity contribution in [3.05, 3.63) is 58.1 Å². The van der Waals surface area contributed by atoms with Gasteiger partial charge in [-0.05, 0) is 30.3 Å². The molecule has 1 N–H and O–H groups in total. The summed E-state index contributed by atoms with van der Waals surface area (Å²) in [5.74, 6) is -0.685. The molecule has 0 bridgehead atoms. The second-order valence-corrected chi connectivity index (χ2v) is 5.00. The molecule has 0 fully saturated rings. The number of amides is 1. The Morgan fingerprint density at radius 2 is 1.77 bits per heavy atom. The van der Waals surface area contributed by atoms with Crippen LogP contribution in [0.15, 0.2) is 42.5 Å². The van der Waals surface area contributed by atoms with Gasteiger partial charge < -0.3 is 19.5 Å². The van der Waals surface area contributed by atoms with Gasteiger partial charge >= 0.3 is 5.97 Å². The van der Waals surface area contributed by atoms with Gasteiger partial charge in [-0.3, -0.25) is 14.9 Å². The fourth-order valence-electron chi connectivity index (χ4n) is 2.05. The summed E-state index contributed by atoms with van der Waals surface area (Å²) in [7, 11) is 2.83. The molecule has 0 aromatic heterocycles. The van der Waals surface area contributed by atoms with E-state index in [-0.39, 0.29) is 22.7 Å². The Morgan fingerprint density at radius 3 is 2.42 bits per heavy atom. The molecule has 0 heterocycles. The Kier molecular flexibility index (Phi) is 6.10. The quantitative estimate of drug-likeness (QED) is 0.458. The van der Waals surface area contributed by atoms with Gasteiger partial charge in [-0.1, -0.05) is 6.07 Å². The van der Waals surface area contributed by atoms with Crippen molar-refractivity contribution in [1.82, 2.24) is 0 Å². The summed E-state index contributed by atoms with van der Waals surface area (Å²) in [6.07, 6.45) is 0. The molecule has 0 aliphatic heterocycles. The molecule has 136 valence electrons. The molecule has 0 aliphatic rings. The highest BCUT2D eigenvalue weighted by atomic mass is 16.6. The molecule has 1 amide bonds. The van der Waals surface area contributed by atoms with Gasteiger partial charge in [0.05, 0.1) is 30.8 Å². The molecule has 2 aromatic rings. The first-order valence-corrected chi connectivity index (χ1v) is 7.38. The lowest BCUT2D eigenvalue weighted by atomic mass is 10.2. The first-order chi connectivity index (χ1) is 12.4. The van der Waals surface area contributed by atoms with Crippen LogP contribution in [0.2, 0.25) is 0 Å². The molecule has 0 atom stereocenters. The van der Waals surface area contributed by atoms with Gasteiger partial charge in [-0.15, -0.1) is 0 Å². The summed E-state index contributed by atoms with van der Waals surface area (Å²) in [5, 5.41) is 13.4. The molecule has 9 nitrogen and oxygen atoms in total. The number of nitro benzene ring substituents is 1. The van der Waals surface area contributed by atoms with Crippen molar-refractivity contribution in [1.29, 1.82) is 0 Å². The van der Waals surface area contributed by atoms with Crippen LogP contribution >= 0.6 is 0 Å². The molecule has 0 unspecified atom stereocenters. The van der Waals surface area contributed by atoms with E-state index in [4.69, 9.17) is 14.2 Å². The largest absolute Gasteiger partial charge is 0.497 e. The van der Waals surface area contributed by atoms with Crippen molar-refractivity contribution < 1.29 is 28.7 Å². The molecule has 26 heavy (non-hydrogen) atoms. The zero-order valence-corrected chi connectivity index (χ0v) is 14.1. The number of methoxy groups -OCH3 is 2. The fourth-order valence-corrected chi connectivity index (χ4v) is 2.05. The minimum absolute atomic E-state index is 0.0294. The van der Waals surface area contributed by atoms with Crippen LogP contribution in [0.3, 0.4) is 0 Å². The van der Waals surface area contributed by atoms with Gasteiger partial charge in [0, 0.05) is 0 Å². The Hall–Kier alpha value is -3.62. The number of ether oxygens (including phenoxy) is 3. The molecule has 0 saturated carbocycles. The third-order valence-corrected chi connectivity index (χ3v) is 3.32. The van der Waals surface area contributed by atoms with Gasteiger partial charge in [0.1, 0.15) is 17.2 Å². The van der Waals surface area contributed by atoms with Crippen molar-refractivity contribution in [3.8, 4) is 11.5 Å². The maximum atomic E-state index is 11.9. The Bertz CT molecular complexity index is 836. The van der Waals surface area contributed by atoms with Crippen LogP contribution in [-0.4, -0.2) is 37.6 Å². The van der Waals surface area contributed by atoms with Gasteiger partial charge in [-0.2, -0.15) is 0 Å². The fraction of sp³-hybridized carbons (Fsp3) is 0.176. The number of esters is 1. The number of rotatable bonds is 7. The second kappa shape index (κ2) is 8.47. The molecule has 0 radical (unpaired) electrons. The molecule has 0 saturated heterocycles. The Balaban J connectivity index is 2.00. The first-order valence-electron chi connectivity index (χ1n) is 7.38. The molecule has 0 spiro atoms. The van der Waals surface area contributed by atoms with E-state index in [1.807, 2.05) is 0 Å². The zero-order valence-electron chi connectivity index (χ0n) is 14.1. The lowest BCUT2D eigenvalue weighted by Crippen LogP contribution is -2.21. The monoisotopic (exact) mass is 360 g/mol. The van der Waals surface area contributed by atoms with E-state index in [2.05, 4.69) is 5.32 Å². The predicted molar refractivity (Wildman–Crippen MR) is 91.6 cm³/mol. The average molecular weight is 360 g/mol. The minimum Gasteiger partial charge on any atom is -0.497 e. The van der Waals surface area contributed by atoms with Gasteiger partial charge in [-0.25, -0.2) is 4.79 Å². The normalized spacial score (nSPS) is 9.92. The maximum Gasteiger partial charge on any atom is 0.338 e. The number of hydrogen-bond donors (Lipinski definition) is 1. The van der Waals surface area contributed by atoms with Crippen LogP contribution in [0.5, 0.6) is 11.5 Å². The summed E-state index contributed by atoms with van der Waals surface area (Å²) in [4.78, 5) is 34.3. The third-order valence-electron chi connectivity index (χ3n) is 3.32. The van der Waals surface area contributed by atoms with E-state index >= 15 is 0 Å². The second-order valence-electron chi connectivity index (χ2n) is 5.00. The summed E-state index contributed by atoms with van der Waals surface area (Å²) < 4.78 is 14.8. The number of hydrogen-bond acceptors (Lipinski definition) is 7. The lowest BCUT2D eigenvalue weighted by molar-refractivity contribution is -0.384. The third kappa shape index (κ3) is 4.69. The van der Waals surface area contributed by atoms with Crippen LogP contribution < -0.4 is 14.8 Å². The highest BCUT2D eigenvalue weighted by molar-refractivity contribution is 5.97. The molecule has 9 heteroatoms. The van der Waals surface area contributed by atoms with Crippen LogP contribution in [0.1, 0.15) is 10.4 Å². The van der Waals surface area contributed by atoms with Crippen molar-refractivity contribution in [2.75, 3.05) is 26.1 Å². The molecular weight excluding hydrogens is 344 g/mol. The van der Waals surface area contributed by atoms with Gasteiger partial charge in [0.2, 0.25) is 0 Å². The van der Waals surface area contributed by atoms with Crippen molar-refractivity contribution in [2.24, 2.45) is 0 Å². The van der Waals surface area contributed by atoms with E-state index in [1.54, 1.807) is 12.1 Å². The van der Waals surface area contributed by atoms with E-state index in [9.17, 15) is 19.7 Å². The Morgan fingerprint density at radius 1 is 1.08 bits per heavy atom. The molecule has 0 aliphatic carbocycles. The van der Waals surface area contributed by atoms with Crippen molar-refractivity contribution in [3.63, 3.8) is 0 Å². The average Bonchev–Trinajstić information content (AvgIpc) is 2.66. The summed E-state index contributed by atoms with van der Waals surface area (Å²) in [6, 6.07) is 10.2. The summed E-state index contributed by atoms with van der Waals surface area (Å²) >= 11 is 0. The number of nitrogens with one attached hydrogen (secondary N) is 1. The van der Waals surface area contributed by atoms with Crippen LogP contribution in [0, 0.1) is 10.1 Å². The van der Waals surface area contributed by atoms with Crippen LogP contribution in [0.4, 0.5) is 11.4 Å². The summed E-state index contributed by atoms with van der Waals surface area (Å²) in [5.41, 5.74) is -0.150. The SMILES string of the molecule is COc1cccc(C(=O)OCC(=O)Nc2ccc(OC)cc2[N+](=O)[O-])c1. The van der Waals surface area contributed by atoms with Crippen molar-refractivity contribution in [2.45, 2.75) is 0 Å². The maximum absolute atomic E-state index is 11.9. The lowest BCUT2D eigenvalue weighted by Gasteiger charge is -2.08. The number of nitro groups is 1. The van der Waals surface area contributed by atoms with Crippen LogP contribution in [-0.2, 0) is 9.53 Å². The predicted octanol–water partition coefficient (Wildman–Crippen LogP) is 2.41. The van der Waals surface area contributed by atoms with E-state index in [1.165, 1.54) is 44.6 Å².